The van der Waals surface area contributed by atoms with Crippen molar-refractivity contribution in [1.29, 1.82) is 0 Å². The van der Waals surface area contributed by atoms with E-state index in [-0.39, 0.29) is 5.82 Å². The summed E-state index contributed by atoms with van der Waals surface area (Å²) in [6, 6.07) is 4.43. The van der Waals surface area contributed by atoms with Crippen molar-refractivity contribution in [1.82, 2.24) is 4.98 Å². The van der Waals surface area contributed by atoms with Crippen LogP contribution in [0.2, 0.25) is 0 Å². The molecule has 0 saturated heterocycles. The number of oxazole rings is 1. The van der Waals surface area contributed by atoms with Crippen molar-refractivity contribution in [3.63, 3.8) is 0 Å². The molecule has 2 rings (SSSR count). The fourth-order valence-electron chi connectivity index (χ4n) is 1.17. The van der Waals surface area contributed by atoms with Crippen LogP contribution in [0.5, 0.6) is 0 Å². The van der Waals surface area contributed by atoms with E-state index in [4.69, 9.17) is 4.42 Å². The van der Waals surface area contributed by atoms with Gasteiger partial charge in [0.25, 0.3) is 0 Å². The lowest BCUT2D eigenvalue weighted by Gasteiger charge is -1.99. The minimum absolute atomic E-state index is 0.294. The molecule has 14 heavy (non-hydrogen) atoms. The third-order valence-corrected chi connectivity index (χ3v) is 2.51. The zero-order chi connectivity index (χ0) is 10.1. The Bertz CT molecular complexity index is 467. The first-order valence-electron chi connectivity index (χ1n) is 4.04. The highest BCUT2D eigenvalue weighted by Gasteiger charge is 2.08. The number of aryl methyl sites for hydroxylation is 1. The molecule has 0 aliphatic carbocycles. The maximum absolute atomic E-state index is 13.0. The zero-order valence-corrected chi connectivity index (χ0v) is 9.01. The Balaban J connectivity index is 2.55. The molecule has 1 aromatic heterocycles. The van der Waals surface area contributed by atoms with E-state index in [1.54, 1.807) is 19.2 Å². The normalized spacial score (nSPS) is 10.5. The van der Waals surface area contributed by atoms with E-state index >= 15 is 0 Å². The van der Waals surface area contributed by atoms with Gasteiger partial charge in [-0.3, -0.25) is 0 Å². The smallest absolute Gasteiger partial charge is 0.191 e. The summed E-state index contributed by atoms with van der Waals surface area (Å²) >= 11 is 3.32. The molecule has 4 heteroatoms. The zero-order valence-electron chi connectivity index (χ0n) is 7.42. The molecule has 0 saturated carbocycles. The van der Waals surface area contributed by atoms with E-state index < -0.39 is 0 Å². The first-order valence-corrected chi connectivity index (χ1v) is 4.84. The molecule has 0 fully saturated rings. The third-order valence-electron chi connectivity index (χ3n) is 1.82. The van der Waals surface area contributed by atoms with Crippen molar-refractivity contribution in [2.75, 3.05) is 0 Å². The van der Waals surface area contributed by atoms with Gasteiger partial charge in [0.15, 0.2) is 11.7 Å². The second-order valence-corrected chi connectivity index (χ2v) is 3.72. The van der Waals surface area contributed by atoms with Crippen molar-refractivity contribution in [3.8, 4) is 11.3 Å². The molecule has 0 aliphatic rings. The van der Waals surface area contributed by atoms with Crippen LogP contribution in [-0.4, -0.2) is 4.98 Å². The van der Waals surface area contributed by atoms with Gasteiger partial charge in [-0.2, -0.15) is 0 Å². The first kappa shape index (κ1) is 9.40. The number of aromatic nitrogens is 1. The maximum Gasteiger partial charge on any atom is 0.191 e. The van der Waals surface area contributed by atoms with E-state index in [1.807, 2.05) is 0 Å². The highest BCUT2D eigenvalue weighted by Crippen LogP contribution is 2.29. The molecule has 0 aliphatic heterocycles. The van der Waals surface area contributed by atoms with Crippen molar-refractivity contribution < 1.29 is 8.81 Å². The Morgan fingerprint density at radius 2 is 2.21 bits per heavy atom. The van der Waals surface area contributed by atoms with Crippen LogP contribution < -0.4 is 0 Å². The number of halogens is 2. The van der Waals surface area contributed by atoms with E-state index in [2.05, 4.69) is 20.9 Å². The molecule has 72 valence electrons. The van der Waals surface area contributed by atoms with Gasteiger partial charge in [-0.25, -0.2) is 9.37 Å². The SMILES string of the molecule is Cc1ncc(-c2cc(F)ccc2Br)o1. The molecule has 0 amide bonds. The summed E-state index contributed by atoms with van der Waals surface area (Å²) in [5, 5.41) is 0. The van der Waals surface area contributed by atoms with E-state index in [0.29, 0.717) is 17.2 Å². The molecule has 1 aromatic carbocycles. The van der Waals surface area contributed by atoms with Gasteiger partial charge in [0, 0.05) is 17.0 Å². The van der Waals surface area contributed by atoms with Crippen LogP contribution >= 0.6 is 15.9 Å². The molecular formula is C10H7BrFNO. The Labute approximate surface area is 88.9 Å². The summed E-state index contributed by atoms with van der Waals surface area (Å²) in [6.07, 6.45) is 1.58. The summed E-state index contributed by atoms with van der Waals surface area (Å²) < 4.78 is 19.0. The van der Waals surface area contributed by atoms with Gasteiger partial charge >= 0.3 is 0 Å². The number of hydrogen-bond acceptors (Lipinski definition) is 2. The predicted molar refractivity (Wildman–Crippen MR) is 54.3 cm³/mol. The lowest BCUT2D eigenvalue weighted by molar-refractivity contribution is 0.533. The van der Waals surface area contributed by atoms with E-state index in [9.17, 15) is 4.39 Å². The van der Waals surface area contributed by atoms with Gasteiger partial charge in [0.2, 0.25) is 0 Å². The van der Waals surface area contributed by atoms with Crippen molar-refractivity contribution in [2.45, 2.75) is 6.92 Å². The van der Waals surface area contributed by atoms with Crippen LogP contribution in [0.1, 0.15) is 5.89 Å². The summed E-state index contributed by atoms with van der Waals surface area (Å²) in [7, 11) is 0. The standard InChI is InChI=1S/C10H7BrFNO/c1-6-13-5-10(14-6)8-4-7(12)2-3-9(8)11/h2-5H,1H3. The Hall–Kier alpha value is -1.16. The molecule has 0 radical (unpaired) electrons. The second kappa shape index (κ2) is 3.53. The number of benzene rings is 1. The van der Waals surface area contributed by atoms with Gasteiger partial charge in [0.1, 0.15) is 5.82 Å². The molecular weight excluding hydrogens is 249 g/mol. The van der Waals surface area contributed by atoms with Gasteiger partial charge in [-0.15, -0.1) is 0 Å². The van der Waals surface area contributed by atoms with Gasteiger partial charge in [-0.1, -0.05) is 15.9 Å². The lowest BCUT2D eigenvalue weighted by Crippen LogP contribution is -1.79. The van der Waals surface area contributed by atoms with Gasteiger partial charge < -0.3 is 4.42 Å². The molecule has 2 nitrogen and oxygen atoms in total. The van der Waals surface area contributed by atoms with Crippen LogP contribution in [0.25, 0.3) is 11.3 Å². The Morgan fingerprint density at radius 1 is 1.43 bits per heavy atom. The third kappa shape index (κ3) is 1.70. The number of hydrogen-bond donors (Lipinski definition) is 0. The molecule has 0 spiro atoms. The minimum Gasteiger partial charge on any atom is -0.441 e. The summed E-state index contributed by atoms with van der Waals surface area (Å²) in [4.78, 5) is 3.95. The van der Waals surface area contributed by atoms with Crippen LogP contribution in [0.3, 0.4) is 0 Å². The lowest BCUT2D eigenvalue weighted by atomic mass is 10.2. The van der Waals surface area contributed by atoms with Gasteiger partial charge in [-0.05, 0) is 18.2 Å². The van der Waals surface area contributed by atoms with Crippen molar-refractivity contribution >= 4 is 15.9 Å². The number of rotatable bonds is 1. The topological polar surface area (TPSA) is 26.0 Å². The average molecular weight is 256 g/mol. The summed E-state index contributed by atoms with van der Waals surface area (Å²) in [6.45, 7) is 1.75. The maximum atomic E-state index is 13.0. The van der Waals surface area contributed by atoms with Crippen LogP contribution in [0.15, 0.2) is 33.3 Å². The fraction of sp³-hybridized carbons (Fsp3) is 0.100. The first-order chi connectivity index (χ1) is 6.66. The number of nitrogens with zero attached hydrogens (tertiary/aromatic N) is 1. The highest BCUT2D eigenvalue weighted by molar-refractivity contribution is 9.10. The van der Waals surface area contributed by atoms with E-state index in [0.717, 1.165) is 4.47 Å². The van der Waals surface area contributed by atoms with Gasteiger partial charge in [0.05, 0.1) is 6.20 Å². The van der Waals surface area contributed by atoms with Crippen LogP contribution in [0, 0.1) is 12.7 Å². The van der Waals surface area contributed by atoms with Crippen molar-refractivity contribution in [3.05, 3.63) is 40.6 Å². The quantitative estimate of drug-likeness (QED) is 0.779. The summed E-state index contributed by atoms with van der Waals surface area (Å²) in [5.74, 6) is 0.835. The van der Waals surface area contributed by atoms with Crippen molar-refractivity contribution in [2.24, 2.45) is 0 Å². The highest BCUT2D eigenvalue weighted by atomic mass is 79.9. The largest absolute Gasteiger partial charge is 0.441 e. The minimum atomic E-state index is -0.294. The average Bonchev–Trinajstić information content (AvgIpc) is 2.56. The fourth-order valence-corrected chi connectivity index (χ4v) is 1.61. The molecule has 0 atom stereocenters. The molecule has 1 heterocycles. The summed E-state index contributed by atoms with van der Waals surface area (Å²) in [5.41, 5.74) is 0.672. The van der Waals surface area contributed by atoms with Crippen LogP contribution in [0.4, 0.5) is 4.39 Å². The molecule has 2 aromatic rings. The molecule has 0 unspecified atom stereocenters. The second-order valence-electron chi connectivity index (χ2n) is 2.87. The molecule has 0 bridgehead atoms. The Kier molecular flexibility index (Phi) is 2.37. The monoisotopic (exact) mass is 255 g/mol. The van der Waals surface area contributed by atoms with Crippen LogP contribution in [-0.2, 0) is 0 Å². The predicted octanol–water partition coefficient (Wildman–Crippen LogP) is 3.55. The van der Waals surface area contributed by atoms with E-state index in [1.165, 1.54) is 12.1 Å². The Morgan fingerprint density at radius 3 is 2.86 bits per heavy atom. The molecule has 0 N–H and O–H groups in total.